The van der Waals surface area contributed by atoms with Crippen LogP contribution in [0.5, 0.6) is 0 Å². The van der Waals surface area contributed by atoms with Crippen molar-refractivity contribution in [2.45, 2.75) is 38.8 Å². The van der Waals surface area contributed by atoms with Crippen LogP contribution >= 0.6 is 0 Å². The molecule has 0 fully saturated rings. The molecule has 0 bridgehead atoms. The molecule has 1 nitrogen and oxygen atoms in total. The van der Waals surface area contributed by atoms with E-state index in [9.17, 15) is 4.46 Å². The quantitative estimate of drug-likeness (QED) is 0.533. The molecule has 0 radical (unpaired) electrons. The maximum atomic E-state index is 10.8. The summed E-state index contributed by atoms with van der Waals surface area (Å²) in [5.74, 6) is 0. The van der Waals surface area contributed by atoms with Crippen molar-refractivity contribution in [3.05, 3.63) is 0 Å². The predicted molar refractivity (Wildman–Crippen MR) is 36.6 cm³/mol. The highest BCUT2D eigenvalue weighted by Gasteiger charge is 1.98. The van der Waals surface area contributed by atoms with Gasteiger partial charge in [-0.3, -0.25) is 0 Å². The third-order valence-electron chi connectivity index (χ3n) is 1.06. The van der Waals surface area contributed by atoms with Gasteiger partial charge < -0.3 is 4.46 Å². The smallest absolute Gasteiger partial charge is 0.276 e. The van der Waals surface area contributed by atoms with Crippen LogP contribution < -0.4 is 0 Å². The highest BCUT2D eigenvalue weighted by Crippen LogP contribution is 1.96. The fourth-order valence-electron chi connectivity index (χ4n) is 0.683. The normalized spacial score (nSPS) is 9.25. The summed E-state index contributed by atoms with van der Waals surface area (Å²) in [5.41, 5.74) is 0. The van der Waals surface area contributed by atoms with Crippen LogP contribution in [0.1, 0.15) is 26.7 Å². The SMILES string of the molecule is CCC[Si](=O)CCC. The Labute approximate surface area is 52.8 Å². The molecule has 8 heavy (non-hydrogen) atoms. The summed E-state index contributed by atoms with van der Waals surface area (Å²) in [7, 11) is -1.14. The topological polar surface area (TPSA) is 17.1 Å². The van der Waals surface area contributed by atoms with E-state index in [-0.39, 0.29) is 0 Å². The molecule has 0 aliphatic heterocycles. The molecule has 0 saturated heterocycles. The summed E-state index contributed by atoms with van der Waals surface area (Å²) in [5, 5.41) is 0. The third-order valence-corrected chi connectivity index (χ3v) is 3.17. The first kappa shape index (κ1) is 8.02. The molecule has 0 heterocycles. The Morgan fingerprint density at radius 3 is 1.75 bits per heavy atom. The fourth-order valence-corrected chi connectivity index (χ4v) is 2.05. The molecule has 0 aromatic carbocycles. The lowest BCUT2D eigenvalue weighted by molar-refractivity contribution is 0.556. The zero-order chi connectivity index (χ0) is 6.41. The van der Waals surface area contributed by atoms with E-state index in [0.29, 0.717) is 0 Å². The fraction of sp³-hybridized carbons (Fsp3) is 1.00. The molecule has 0 saturated carbocycles. The van der Waals surface area contributed by atoms with Gasteiger partial charge in [-0.15, -0.1) is 0 Å². The minimum absolute atomic E-state index is 0.957. The monoisotopic (exact) mass is 130 g/mol. The average molecular weight is 130 g/mol. The van der Waals surface area contributed by atoms with E-state index >= 15 is 0 Å². The molecule has 0 aromatic heterocycles. The standard InChI is InChI=1S/C6H14OSi/c1-3-5-8(7)6-4-2/h3-6H2,1-2H3. The van der Waals surface area contributed by atoms with Gasteiger partial charge in [0.1, 0.15) is 0 Å². The lowest BCUT2D eigenvalue weighted by atomic mass is 10.6. The van der Waals surface area contributed by atoms with Crippen molar-refractivity contribution in [2.24, 2.45) is 0 Å². The van der Waals surface area contributed by atoms with Crippen LogP contribution in [-0.2, 0) is 4.46 Å². The molecule has 0 aliphatic rings. The first-order chi connectivity index (χ1) is 3.81. The van der Waals surface area contributed by atoms with E-state index in [1.807, 2.05) is 0 Å². The molecule has 0 spiro atoms. The van der Waals surface area contributed by atoms with Crippen LogP contribution in [0.4, 0.5) is 0 Å². The molecule has 0 rings (SSSR count). The van der Waals surface area contributed by atoms with Crippen molar-refractivity contribution in [2.75, 3.05) is 0 Å². The van der Waals surface area contributed by atoms with Crippen molar-refractivity contribution < 1.29 is 4.46 Å². The van der Waals surface area contributed by atoms with Crippen LogP contribution in [0.3, 0.4) is 0 Å². The van der Waals surface area contributed by atoms with Crippen LogP contribution in [0.25, 0.3) is 0 Å². The molecule has 0 aromatic rings. The second kappa shape index (κ2) is 5.16. The van der Waals surface area contributed by atoms with Crippen LogP contribution in [0, 0.1) is 0 Å². The van der Waals surface area contributed by atoms with E-state index < -0.39 is 8.68 Å². The molecule has 0 unspecified atom stereocenters. The molecule has 0 N–H and O–H groups in total. The van der Waals surface area contributed by atoms with E-state index in [1.165, 1.54) is 0 Å². The maximum absolute atomic E-state index is 10.8. The summed E-state index contributed by atoms with van der Waals surface area (Å²) >= 11 is 0. The maximum Gasteiger partial charge on any atom is 0.276 e. The van der Waals surface area contributed by atoms with Crippen LogP contribution in [0.15, 0.2) is 0 Å². The van der Waals surface area contributed by atoms with E-state index in [2.05, 4.69) is 13.8 Å². The van der Waals surface area contributed by atoms with Crippen LogP contribution in [0.2, 0.25) is 12.1 Å². The Hall–Kier alpha value is 0.0169. The zero-order valence-corrected chi connectivity index (χ0v) is 6.74. The van der Waals surface area contributed by atoms with Crippen molar-refractivity contribution in [3.63, 3.8) is 0 Å². The summed E-state index contributed by atoms with van der Waals surface area (Å²) in [6.45, 7) is 4.16. The lowest BCUT2D eigenvalue weighted by Gasteiger charge is -1.88. The highest BCUT2D eigenvalue weighted by molar-refractivity contribution is 6.42. The Kier molecular flexibility index (Phi) is 5.17. The molecular formula is C6H14OSi. The molecule has 0 atom stereocenters. The predicted octanol–water partition coefficient (Wildman–Crippen LogP) is 2.23. The number of rotatable bonds is 4. The highest BCUT2D eigenvalue weighted by atomic mass is 28.3. The van der Waals surface area contributed by atoms with Gasteiger partial charge in [0.15, 0.2) is 0 Å². The second-order valence-electron chi connectivity index (χ2n) is 2.04. The van der Waals surface area contributed by atoms with Gasteiger partial charge in [0.2, 0.25) is 0 Å². The minimum Gasteiger partial charge on any atom is -0.388 e. The molecule has 2 heteroatoms. The largest absolute Gasteiger partial charge is 0.388 e. The minimum atomic E-state index is -1.14. The van der Waals surface area contributed by atoms with Gasteiger partial charge in [0.05, 0.1) is 0 Å². The first-order valence-electron chi connectivity index (χ1n) is 3.33. The van der Waals surface area contributed by atoms with Crippen molar-refractivity contribution >= 4 is 8.68 Å². The molecular weight excluding hydrogens is 116 g/mol. The van der Waals surface area contributed by atoms with Gasteiger partial charge in [-0.1, -0.05) is 26.7 Å². The first-order valence-corrected chi connectivity index (χ1v) is 5.15. The Balaban J connectivity index is 3.06. The van der Waals surface area contributed by atoms with Gasteiger partial charge in [-0.25, -0.2) is 0 Å². The van der Waals surface area contributed by atoms with Gasteiger partial charge in [0.25, 0.3) is 8.68 Å². The van der Waals surface area contributed by atoms with E-state index in [4.69, 9.17) is 0 Å². The zero-order valence-electron chi connectivity index (χ0n) is 5.74. The van der Waals surface area contributed by atoms with E-state index in [0.717, 1.165) is 24.9 Å². The van der Waals surface area contributed by atoms with Crippen LogP contribution in [-0.4, -0.2) is 8.68 Å². The van der Waals surface area contributed by atoms with Gasteiger partial charge >= 0.3 is 0 Å². The van der Waals surface area contributed by atoms with Crippen molar-refractivity contribution in [3.8, 4) is 0 Å². The summed E-state index contributed by atoms with van der Waals surface area (Å²) in [4.78, 5) is 0. The van der Waals surface area contributed by atoms with E-state index in [1.54, 1.807) is 0 Å². The molecule has 0 aliphatic carbocycles. The number of hydrogen-bond acceptors (Lipinski definition) is 1. The Morgan fingerprint density at radius 1 is 1.12 bits per heavy atom. The molecule has 48 valence electrons. The summed E-state index contributed by atoms with van der Waals surface area (Å²) in [6.07, 6.45) is 2.16. The molecule has 0 amide bonds. The van der Waals surface area contributed by atoms with Gasteiger partial charge in [-0.05, 0) is 12.1 Å². The number of hydrogen-bond donors (Lipinski definition) is 0. The van der Waals surface area contributed by atoms with Crippen molar-refractivity contribution in [1.29, 1.82) is 0 Å². The summed E-state index contributed by atoms with van der Waals surface area (Å²) in [6, 6.07) is 1.91. The average Bonchev–Trinajstić information content (AvgIpc) is 1.68. The Morgan fingerprint density at radius 2 is 1.50 bits per heavy atom. The van der Waals surface area contributed by atoms with Gasteiger partial charge in [0, 0.05) is 0 Å². The Bertz CT molecular complexity index is 62.9. The summed E-state index contributed by atoms with van der Waals surface area (Å²) < 4.78 is 10.8. The second-order valence-corrected chi connectivity index (χ2v) is 4.12. The van der Waals surface area contributed by atoms with Gasteiger partial charge in [-0.2, -0.15) is 0 Å². The lowest BCUT2D eigenvalue weighted by Crippen LogP contribution is -1.95. The van der Waals surface area contributed by atoms with Crippen molar-refractivity contribution in [1.82, 2.24) is 0 Å². The third kappa shape index (κ3) is 4.18.